The van der Waals surface area contributed by atoms with Crippen LogP contribution in [0.25, 0.3) is 38.8 Å². The van der Waals surface area contributed by atoms with Gasteiger partial charge in [0.1, 0.15) is 0 Å². The maximum atomic E-state index is 9.09. The Hall–Kier alpha value is -3.88. The molecule has 2 heterocycles. The summed E-state index contributed by atoms with van der Waals surface area (Å²) in [5, 5.41) is 19.5. The Bertz CT molecular complexity index is 1550. The molecular weight excluding hydrogens is 406 g/mol. The van der Waals surface area contributed by atoms with Crippen molar-refractivity contribution in [2.45, 2.75) is 6.42 Å². The normalized spacial score (nSPS) is 11.1. The average Bonchev–Trinajstić information content (AvgIpc) is 3.05. The van der Waals surface area contributed by atoms with Gasteiger partial charge in [0.05, 0.1) is 35.2 Å². The average molecular weight is 424 g/mol. The van der Waals surface area contributed by atoms with Crippen molar-refractivity contribution < 1.29 is 0 Å². The van der Waals surface area contributed by atoms with E-state index >= 15 is 0 Å². The number of rotatable bonds is 3. The molecular formula is C25H18ClN5. The van der Waals surface area contributed by atoms with Gasteiger partial charge in [-0.15, -0.1) is 0 Å². The quantitative estimate of drug-likeness (QED) is 0.423. The third kappa shape index (κ3) is 3.18. The fraction of sp³-hybridized carbons (Fsp3) is 0.0800. The van der Waals surface area contributed by atoms with Crippen LogP contribution in [-0.4, -0.2) is 14.1 Å². The predicted molar refractivity (Wildman–Crippen MR) is 123 cm³/mol. The molecule has 5 rings (SSSR count). The lowest BCUT2D eigenvalue weighted by Gasteiger charge is -2.09. The van der Waals surface area contributed by atoms with Crippen LogP contribution in [0.2, 0.25) is 5.02 Å². The number of aryl methyl sites for hydroxylation is 1. The van der Waals surface area contributed by atoms with Crippen LogP contribution >= 0.6 is 11.6 Å². The summed E-state index contributed by atoms with van der Waals surface area (Å²) in [7, 11) is 1.87. The molecule has 0 fully saturated rings. The Morgan fingerprint density at radius 1 is 1.03 bits per heavy atom. The van der Waals surface area contributed by atoms with Gasteiger partial charge in [-0.1, -0.05) is 41.9 Å². The molecule has 6 heteroatoms. The minimum Gasteiger partial charge on any atom is -0.312 e. The van der Waals surface area contributed by atoms with E-state index in [2.05, 4.69) is 17.1 Å². The van der Waals surface area contributed by atoms with Crippen molar-refractivity contribution in [3.8, 4) is 22.9 Å². The van der Waals surface area contributed by atoms with Crippen molar-refractivity contribution in [2.75, 3.05) is 0 Å². The predicted octanol–water partition coefficient (Wildman–Crippen LogP) is 5.38. The lowest BCUT2D eigenvalue weighted by Crippen LogP contribution is -2.21. The van der Waals surface area contributed by atoms with E-state index in [4.69, 9.17) is 22.3 Å². The van der Waals surface area contributed by atoms with E-state index in [-0.39, 0.29) is 0 Å². The van der Waals surface area contributed by atoms with E-state index in [1.165, 1.54) is 0 Å². The minimum absolute atomic E-state index is 0.329. The molecule has 31 heavy (non-hydrogen) atoms. The van der Waals surface area contributed by atoms with Crippen LogP contribution in [-0.2, 0) is 13.5 Å². The summed E-state index contributed by atoms with van der Waals surface area (Å²) >= 11 is 6.06. The molecule has 0 bridgehead atoms. The molecule has 150 valence electrons. The van der Waals surface area contributed by atoms with Crippen molar-refractivity contribution in [2.24, 2.45) is 7.05 Å². The van der Waals surface area contributed by atoms with E-state index in [9.17, 15) is 0 Å². The number of nitrogens with zero attached hydrogens (tertiary/aromatic N) is 4. The van der Waals surface area contributed by atoms with Gasteiger partial charge in [-0.25, -0.2) is 0 Å². The van der Waals surface area contributed by atoms with Crippen molar-refractivity contribution in [3.05, 3.63) is 89.1 Å². The monoisotopic (exact) mass is 423 g/mol. The number of benzene rings is 3. The van der Waals surface area contributed by atoms with Crippen LogP contribution in [0.15, 0.2) is 72.9 Å². The number of hydrogen-bond acceptors (Lipinski definition) is 3. The summed E-state index contributed by atoms with van der Waals surface area (Å²) in [6.07, 6.45) is 2.14. The van der Waals surface area contributed by atoms with Crippen LogP contribution in [0.1, 0.15) is 5.56 Å². The summed E-state index contributed by atoms with van der Waals surface area (Å²) < 4.78 is 3.75. The first kappa shape index (κ1) is 19.1. The van der Waals surface area contributed by atoms with Gasteiger partial charge in [0.15, 0.2) is 0 Å². The first-order valence-corrected chi connectivity index (χ1v) is 10.2. The van der Waals surface area contributed by atoms with Crippen molar-refractivity contribution >= 4 is 33.5 Å². The maximum Gasteiger partial charge on any atom is 0.207 e. The zero-order valence-electron chi connectivity index (χ0n) is 16.8. The highest BCUT2D eigenvalue weighted by atomic mass is 35.5. The molecule has 0 amide bonds. The number of aromatic nitrogens is 3. The van der Waals surface area contributed by atoms with E-state index < -0.39 is 0 Å². The molecule has 0 aliphatic rings. The molecule has 1 N–H and O–H groups in total. The van der Waals surface area contributed by atoms with Gasteiger partial charge in [0.2, 0.25) is 5.62 Å². The van der Waals surface area contributed by atoms with Gasteiger partial charge < -0.3 is 4.57 Å². The number of nitriles is 1. The van der Waals surface area contributed by atoms with Crippen molar-refractivity contribution in [1.82, 2.24) is 14.1 Å². The van der Waals surface area contributed by atoms with Gasteiger partial charge in [-0.05, 0) is 53.1 Å². The Labute approximate surface area is 183 Å². The van der Waals surface area contributed by atoms with E-state index in [1.807, 2.05) is 83.0 Å². The fourth-order valence-electron chi connectivity index (χ4n) is 3.99. The Morgan fingerprint density at radius 2 is 1.81 bits per heavy atom. The van der Waals surface area contributed by atoms with Crippen molar-refractivity contribution in [1.29, 1.82) is 10.7 Å². The van der Waals surface area contributed by atoms with Crippen LogP contribution in [0.5, 0.6) is 0 Å². The lowest BCUT2D eigenvalue weighted by atomic mass is 10.0. The molecule has 2 aromatic heterocycles. The van der Waals surface area contributed by atoms with Gasteiger partial charge in [-0.3, -0.25) is 15.0 Å². The number of halogens is 1. The molecule has 0 unspecified atom stereocenters. The molecule has 0 spiro atoms. The highest BCUT2D eigenvalue weighted by molar-refractivity contribution is 6.30. The van der Waals surface area contributed by atoms with Gasteiger partial charge in [0.25, 0.3) is 0 Å². The van der Waals surface area contributed by atoms with Crippen LogP contribution in [0.3, 0.4) is 0 Å². The second kappa shape index (κ2) is 7.42. The highest BCUT2D eigenvalue weighted by Gasteiger charge is 2.15. The summed E-state index contributed by atoms with van der Waals surface area (Å²) in [5.74, 6) is 0. The largest absolute Gasteiger partial charge is 0.312 e. The Balaban J connectivity index is 1.83. The topological polar surface area (TPSA) is 70.4 Å². The van der Waals surface area contributed by atoms with Crippen LogP contribution < -0.4 is 5.62 Å². The van der Waals surface area contributed by atoms with Gasteiger partial charge >= 0.3 is 0 Å². The number of imidazole rings is 1. The third-order valence-electron chi connectivity index (χ3n) is 5.56. The molecule has 5 aromatic rings. The summed E-state index contributed by atoms with van der Waals surface area (Å²) in [6.45, 7) is 0. The minimum atomic E-state index is 0.329. The highest BCUT2D eigenvalue weighted by Crippen LogP contribution is 2.30. The summed E-state index contributed by atoms with van der Waals surface area (Å²) in [5.41, 5.74) is 6.88. The number of pyridine rings is 1. The van der Waals surface area contributed by atoms with Crippen molar-refractivity contribution in [3.63, 3.8) is 0 Å². The Morgan fingerprint density at radius 3 is 2.58 bits per heavy atom. The van der Waals surface area contributed by atoms with E-state index in [0.717, 1.165) is 44.3 Å². The molecule has 0 radical (unpaired) electrons. The van der Waals surface area contributed by atoms with Gasteiger partial charge in [-0.2, -0.15) is 5.26 Å². The molecule has 0 aliphatic carbocycles. The standard InChI is InChI=1S/C25H18ClN5/c1-30-23-15-29-22-10-7-18(17-5-8-19(26)9-6-17)14-21(22)24(23)31(25(30)28)20-4-2-3-16(13-20)11-12-27/h2-10,13-15,28H,11H2,1H3. The zero-order chi connectivity index (χ0) is 21.5. The van der Waals surface area contributed by atoms with Crippen LogP contribution in [0.4, 0.5) is 0 Å². The molecule has 0 atom stereocenters. The first-order chi connectivity index (χ1) is 15.1. The molecule has 0 saturated carbocycles. The summed E-state index contributed by atoms with van der Waals surface area (Å²) in [4.78, 5) is 4.63. The maximum absolute atomic E-state index is 9.09. The SMILES string of the molecule is Cn1c(=N)n(-c2cccc(CC#N)c2)c2c3cc(-c4ccc(Cl)cc4)ccc3ncc21. The molecule has 3 aromatic carbocycles. The van der Waals surface area contributed by atoms with E-state index in [1.54, 1.807) is 0 Å². The van der Waals surface area contributed by atoms with Crippen LogP contribution in [0, 0.1) is 16.7 Å². The summed E-state index contributed by atoms with van der Waals surface area (Å²) in [6, 6.07) is 23.9. The molecule has 0 saturated heterocycles. The van der Waals surface area contributed by atoms with E-state index in [0.29, 0.717) is 17.1 Å². The lowest BCUT2D eigenvalue weighted by molar-refractivity contribution is 0.787. The second-order valence-electron chi connectivity index (χ2n) is 7.45. The fourth-order valence-corrected chi connectivity index (χ4v) is 4.11. The Kier molecular flexibility index (Phi) is 4.58. The number of fused-ring (bicyclic) bond motifs is 3. The third-order valence-corrected chi connectivity index (χ3v) is 5.82. The number of hydrogen-bond donors (Lipinski definition) is 1. The molecule has 0 aliphatic heterocycles. The smallest absolute Gasteiger partial charge is 0.207 e. The second-order valence-corrected chi connectivity index (χ2v) is 7.89. The number of nitrogens with one attached hydrogen (secondary N) is 1. The van der Waals surface area contributed by atoms with Gasteiger partial charge in [0, 0.05) is 23.1 Å². The molecule has 5 nitrogen and oxygen atoms in total. The first-order valence-electron chi connectivity index (χ1n) is 9.84. The zero-order valence-corrected chi connectivity index (χ0v) is 17.6.